The molecule has 0 saturated heterocycles. The lowest BCUT2D eigenvalue weighted by molar-refractivity contribution is 0.102. The number of amides is 1. The minimum atomic E-state index is -3.51. The summed E-state index contributed by atoms with van der Waals surface area (Å²) in [6, 6.07) is 11.7. The molecule has 0 aliphatic rings. The van der Waals surface area contributed by atoms with Gasteiger partial charge in [0.05, 0.1) is 33.5 Å². The molecule has 0 aliphatic heterocycles. The topological polar surface area (TPSA) is 85.4 Å². The Morgan fingerprint density at radius 1 is 1.23 bits per heavy atom. The summed E-state index contributed by atoms with van der Waals surface area (Å²) >= 11 is 1.30. The Bertz CT molecular complexity index is 1060. The second kappa shape index (κ2) is 7.43. The minimum Gasteiger partial charge on any atom is -0.497 e. The maximum atomic E-state index is 12.7. The summed E-state index contributed by atoms with van der Waals surface area (Å²) in [4.78, 5) is 17.1. The van der Waals surface area contributed by atoms with Gasteiger partial charge >= 0.3 is 0 Å². The van der Waals surface area contributed by atoms with Gasteiger partial charge in [0, 0.05) is 0 Å². The van der Waals surface area contributed by atoms with Gasteiger partial charge in [-0.05, 0) is 36.8 Å². The van der Waals surface area contributed by atoms with Crippen molar-refractivity contribution in [1.82, 2.24) is 4.98 Å². The van der Waals surface area contributed by atoms with Crippen molar-refractivity contribution >= 4 is 42.4 Å². The molecule has 1 N–H and O–H groups in total. The fourth-order valence-electron chi connectivity index (χ4n) is 2.55. The first kappa shape index (κ1) is 18.3. The summed E-state index contributed by atoms with van der Waals surface area (Å²) in [6.45, 7) is 1.79. The van der Waals surface area contributed by atoms with E-state index in [1.165, 1.54) is 23.5 Å². The monoisotopic (exact) mass is 390 g/mol. The van der Waals surface area contributed by atoms with Crippen LogP contribution in [-0.4, -0.2) is 32.2 Å². The number of hydrogen-bond donors (Lipinski definition) is 1. The number of anilines is 1. The van der Waals surface area contributed by atoms with Crippen LogP contribution in [0.25, 0.3) is 10.2 Å². The maximum Gasteiger partial charge on any atom is 0.258 e. The molecule has 6 nitrogen and oxygen atoms in total. The van der Waals surface area contributed by atoms with Gasteiger partial charge in [-0.3, -0.25) is 10.1 Å². The summed E-state index contributed by atoms with van der Waals surface area (Å²) in [5.74, 6) is 0.208. The molecule has 0 unspecified atom stereocenters. The zero-order valence-corrected chi connectivity index (χ0v) is 16.0. The SMILES string of the molecule is CCCS(=O)(=O)c1ccccc1C(=O)Nc1nc2ccc(OC)cc2s1. The van der Waals surface area contributed by atoms with Gasteiger partial charge in [-0.2, -0.15) is 0 Å². The van der Waals surface area contributed by atoms with Gasteiger partial charge < -0.3 is 4.74 Å². The summed E-state index contributed by atoms with van der Waals surface area (Å²) < 4.78 is 30.9. The molecule has 3 aromatic rings. The smallest absolute Gasteiger partial charge is 0.258 e. The molecule has 0 saturated carbocycles. The van der Waals surface area contributed by atoms with Crippen molar-refractivity contribution in [3.8, 4) is 5.75 Å². The van der Waals surface area contributed by atoms with Crippen molar-refractivity contribution in [2.45, 2.75) is 18.2 Å². The Morgan fingerprint density at radius 2 is 2.00 bits per heavy atom. The molecule has 0 bridgehead atoms. The largest absolute Gasteiger partial charge is 0.497 e. The van der Waals surface area contributed by atoms with Gasteiger partial charge in [0.1, 0.15) is 5.75 Å². The van der Waals surface area contributed by atoms with Gasteiger partial charge in [0.15, 0.2) is 15.0 Å². The Hall–Kier alpha value is -2.45. The fourth-order valence-corrected chi connectivity index (χ4v) is 4.98. The lowest BCUT2D eigenvalue weighted by atomic mass is 10.2. The third-order valence-electron chi connectivity index (χ3n) is 3.76. The predicted molar refractivity (Wildman–Crippen MR) is 103 cm³/mol. The van der Waals surface area contributed by atoms with Crippen LogP contribution >= 0.6 is 11.3 Å². The lowest BCUT2D eigenvalue weighted by Crippen LogP contribution is -2.17. The standard InChI is InChI=1S/C18H18N2O4S2/c1-3-10-26(22,23)16-7-5-4-6-13(16)17(21)20-18-19-14-9-8-12(24-2)11-15(14)25-18/h4-9,11H,3,10H2,1-2H3,(H,19,20,21). The Morgan fingerprint density at radius 3 is 2.73 bits per heavy atom. The predicted octanol–water partition coefficient (Wildman–Crippen LogP) is 3.74. The number of carbonyl (C=O) groups excluding carboxylic acids is 1. The number of fused-ring (bicyclic) bond motifs is 1. The normalized spacial score (nSPS) is 11.5. The third-order valence-corrected chi connectivity index (χ3v) is 6.66. The number of aromatic nitrogens is 1. The molecule has 0 radical (unpaired) electrons. The number of rotatable bonds is 6. The second-order valence-corrected chi connectivity index (χ2v) is 8.73. The molecule has 0 atom stereocenters. The van der Waals surface area contributed by atoms with E-state index in [1.807, 2.05) is 6.07 Å². The van der Waals surface area contributed by atoms with Crippen LogP contribution in [-0.2, 0) is 9.84 Å². The first-order valence-electron chi connectivity index (χ1n) is 8.02. The van der Waals surface area contributed by atoms with Gasteiger partial charge in [-0.25, -0.2) is 13.4 Å². The van der Waals surface area contributed by atoms with Crippen LogP contribution in [0, 0.1) is 0 Å². The van der Waals surface area contributed by atoms with Crippen LogP contribution in [0.15, 0.2) is 47.4 Å². The van der Waals surface area contributed by atoms with E-state index >= 15 is 0 Å². The quantitative estimate of drug-likeness (QED) is 0.693. The highest BCUT2D eigenvalue weighted by molar-refractivity contribution is 7.91. The van der Waals surface area contributed by atoms with E-state index in [2.05, 4.69) is 10.3 Å². The van der Waals surface area contributed by atoms with Crippen molar-refractivity contribution < 1.29 is 17.9 Å². The summed E-state index contributed by atoms with van der Waals surface area (Å²) in [5, 5.41) is 3.11. The molecule has 2 aromatic carbocycles. The summed E-state index contributed by atoms with van der Waals surface area (Å²) in [5.41, 5.74) is 0.857. The van der Waals surface area contributed by atoms with Gasteiger partial charge in [0.25, 0.3) is 5.91 Å². The van der Waals surface area contributed by atoms with Crippen molar-refractivity contribution in [2.24, 2.45) is 0 Å². The Balaban J connectivity index is 1.92. The molecule has 0 spiro atoms. The first-order chi connectivity index (χ1) is 12.4. The van der Waals surface area contributed by atoms with E-state index in [-0.39, 0.29) is 16.2 Å². The van der Waals surface area contributed by atoms with E-state index in [0.717, 1.165) is 10.2 Å². The average molecular weight is 390 g/mol. The van der Waals surface area contributed by atoms with E-state index < -0.39 is 15.7 Å². The highest BCUT2D eigenvalue weighted by Gasteiger charge is 2.22. The van der Waals surface area contributed by atoms with Crippen molar-refractivity contribution in [2.75, 3.05) is 18.2 Å². The number of sulfone groups is 1. The number of thiazole rings is 1. The van der Waals surface area contributed by atoms with Gasteiger partial charge in [-0.1, -0.05) is 30.4 Å². The molecule has 0 aliphatic carbocycles. The average Bonchev–Trinajstić information content (AvgIpc) is 3.02. The van der Waals surface area contributed by atoms with Crippen molar-refractivity contribution in [3.63, 3.8) is 0 Å². The highest BCUT2D eigenvalue weighted by Crippen LogP contribution is 2.29. The lowest BCUT2D eigenvalue weighted by Gasteiger charge is -2.09. The molecule has 0 fully saturated rings. The van der Waals surface area contributed by atoms with Crippen LogP contribution in [0.1, 0.15) is 23.7 Å². The number of nitrogens with one attached hydrogen (secondary N) is 1. The van der Waals surface area contributed by atoms with Crippen LogP contribution in [0.2, 0.25) is 0 Å². The number of carbonyl (C=O) groups is 1. The molecule has 1 aromatic heterocycles. The zero-order chi connectivity index (χ0) is 18.7. The fraction of sp³-hybridized carbons (Fsp3) is 0.222. The number of methoxy groups -OCH3 is 1. The summed E-state index contributed by atoms with van der Waals surface area (Å²) in [7, 11) is -1.92. The molecule has 136 valence electrons. The molecular formula is C18H18N2O4S2. The van der Waals surface area contributed by atoms with Crippen LogP contribution in [0.5, 0.6) is 5.75 Å². The minimum absolute atomic E-state index is 0.00176. The summed E-state index contributed by atoms with van der Waals surface area (Å²) in [6.07, 6.45) is 0.484. The highest BCUT2D eigenvalue weighted by atomic mass is 32.2. The number of benzene rings is 2. The molecule has 8 heteroatoms. The number of hydrogen-bond acceptors (Lipinski definition) is 6. The van der Waals surface area contributed by atoms with E-state index in [0.29, 0.717) is 17.3 Å². The second-order valence-electron chi connectivity index (χ2n) is 5.62. The van der Waals surface area contributed by atoms with E-state index in [4.69, 9.17) is 4.74 Å². The molecular weight excluding hydrogens is 372 g/mol. The number of ether oxygens (including phenoxy) is 1. The van der Waals surface area contributed by atoms with Crippen molar-refractivity contribution in [1.29, 1.82) is 0 Å². The van der Waals surface area contributed by atoms with Crippen LogP contribution in [0.4, 0.5) is 5.13 Å². The van der Waals surface area contributed by atoms with Gasteiger partial charge in [-0.15, -0.1) is 0 Å². The maximum absolute atomic E-state index is 12.7. The molecule has 26 heavy (non-hydrogen) atoms. The Kier molecular flexibility index (Phi) is 5.24. The van der Waals surface area contributed by atoms with Crippen LogP contribution < -0.4 is 10.1 Å². The zero-order valence-electron chi connectivity index (χ0n) is 14.4. The van der Waals surface area contributed by atoms with Crippen molar-refractivity contribution in [3.05, 3.63) is 48.0 Å². The van der Waals surface area contributed by atoms with Gasteiger partial charge in [0.2, 0.25) is 0 Å². The first-order valence-corrected chi connectivity index (χ1v) is 10.5. The molecule has 3 rings (SSSR count). The Labute approximate surface area is 155 Å². The van der Waals surface area contributed by atoms with Crippen LogP contribution in [0.3, 0.4) is 0 Å². The van der Waals surface area contributed by atoms with E-state index in [1.54, 1.807) is 38.3 Å². The third kappa shape index (κ3) is 3.71. The molecule has 1 amide bonds. The van der Waals surface area contributed by atoms with E-state index in [9.17, 15) is 13.2 Å². The molecule has 1 heterocycles. The number of nitrogens with zero attached hydrogens (tertiary/aromatic N) is 1.